The van der Waals surface area contributed by atoms with Gasteiger partial charge in [0, 0.05) is 13.5 Å². The Morgan fingerprint density at radius 2 is 2.06 bits per heavy atom. The lowest BCUT2D eigenvalue weighted by Gasteiger charge is -2.00. The quantitative estimate of drug-likeness (QED) is 0.814. The number of hydrogen-bond donors (Lipinski definition) is 2. The van der Waals surface area contributed by atoms with Crippen molar-refractivity contribution >= 4 is 0 Å². The fourth-order valence-corrected chi connectivity index (χ4v) is 1.66. The molecule has 4 nitrogen and oxygen atoms in total. The van der Waals surface area contributed by atoms with Gasteiger partial charge in [-0.3, -0.25) is 4.68 Å². The molecular weight excluding hydrogens is 204 g/mol. The second-order valence-electron chi connectivity index (χ2n) is 3.71. The molecule has 0 aliphatic heterocycles. The lowest BCUT2D eigenvalue weighted by atomic mass is 10.1. The minimum Gasteiger partial charge on any atom is -0.508 e. The maximum atomic E-state index is 9.62. The van der Waals surface area contributed by atoms with Gasteiger partial charge in [-0.15, -0.1) is 0 Å². The highest BCUT2D eigenvalue weighted by molar-refractivity contribution is 5.35. The molecule has 0 aliphatic rings. The largest absolute Gasteiger partial charge is 0.508 e. The molecule has 2 aromatic rings. The molecule has 0 atom stereocenters. The third-order valence-corrected chi connectivity index (χ3v) is 2.55. The van der Waals surface area contributed by atoms with E-state index < -0.39 is 0 Å². The standard InChI is InChI=1S/C12H14N2O2/c1-14-11(8-15)7-10(13-14)6-9-4-2-3-5-12(9)16/h2-5,7,15-16H,6,8H2,1H3. The molecule has 1 heterocycles. The molecule has 0 aliphatic carbocycles. The van der Waals surface area contributed by atoms with Crippen molar-refractivity contribution in [3.63, 3.8) is 0 Å². The second-order valence-corrected chi connectivity index (χ2v) is 3.71. The van der Waals surface area contributed by atoms with Crippen LogP contribution in [0.5, 0.6) is 5.75 Å². The van der Waals surface area contributed by atoms with Gasteiger partial charge in [0.05, 0.1) is 18.0 Å². The van der Waals surface area contributed by atoms with Crippen molar-refractivity contribution in [2.75, 3.05) is 0 Å². The van der Waals surface area contributed by atoms with Gasteiger partial charge in [0.25, 0.3) is 0 Å². The number of aliphatic hydroxyl groups excluding tert-OH is 1. The first-order valence-electron chi connectivity index (χ1n) is 5.10. The summed E-state index contributed by atoms with van der Waals surface area (Å²) in [5.74, 6) is 0.277. The highest BCUT2D eigenvalue weighted by Gasteiger charge is 2.07. The Morgan fingerprint density at radius 1 is 1.31 bits per heavy atom. The minimum absolute atomic E-state index is 0.0235. The van der Waals surface area contributed by atoms with Gasteiger partial charge in [0.2, 0.25) is 0 Å². The summed E-state index contributed by atoms with van der Waals surface area (Å²) < 4.78 is 1.65. The van der Waals surface area contributed by atoms with Crippen molar-refractivity contribution in [1.82, 2.24) is 9.78 Å². The summed E-state index contributed by atoms with van der Waals surface area (Å²) in [7, 11) is 1.79. The first kappa shape index (κ1) is 10.7. The molecule has 0 amide bonds. The second kappa shape index (κ2) is 4.37. The van der Waals surface area contributed by atoms with E-state index in [1.165, 1.54) is 0 Å². The third-order valence-electron chi connectivity index (χ3n) is 2.55. The average Bonchev–Trinajstić information content (AvgIpc) is 2.62. The van der Waals surface area contributed by atoms with Crippen molar-refractivity contribution in [3.05, 3.63) is 47.3 Å². The van der Waals surface area contributed by atoms with Crippen LogP contribution in [0.15, 0.2) is 30.3 Å². The Bertz CT molecular complexity index is 492. The van der Waals surface area contributed by atoms with Gasteiger partial charge in [-0.2, -0.15) is 5.10 Å². The Morgan fingerprint density at radius 3 is 2.69 bits per heavy atom. The van der Waals surface area contributed by atoms with E-state index in [9.17, 15) is 5.11 Å². The Hall–Kier alpha value is -1.81. The van der Waals surface area contributed by atoms with Crippen LogP contribution in [0.1, 0.15) is 17.0 Å². The van der Waals surface area contributed by atoms with Crippen molar-refractivity contribution in [2.45, 2.75) is 13.0 Å². The number of phenolic OH excluding ortho intramolecular Hbond substituents is 1. The molecule has 1 aromatic heterocycles. The number of para-hydroxylation sites is 1. The molecule has 0 spiro atoms. The van der Waals surface area contributed by atoms with Crippen LogP contribution in [-0.4, -0.2) is 20.0 Å². The maximum Gasteiger partial charge on any atom is 0.119 e. The predicted molar refractivity (Wildman–Crippen MR) is 60.0 cm³/mol. The fourth-order valence-electron chi connectivity index (χ4n) is 1.66. The Labute approximate surface area is 93.8 Å². The van der Waals surface area contributed by atoms with E-state index in [2.05, 4.69) is 5.10 Å². The number of aliphatic hydroxyl groups is 1. The van der Waals surface area contributed by atoms with Gasteiger partial charge >= 0.3 is 0 Å². The van der Waals surface area contributed by atoms with E-state index in [0.717, 1.165) is 17.0 Å². The van der Waals surface area contributed by atoms with E-state index in [4.69, 9.17) is 5.11 Å². The summed E-state index contributed by atoms with van der Waals surface area (Å²) >= 11 is 0. The van der Waals surface area contributed by atoms with Gasteiger partial charge in [0.15, 0.2) is 0 Å². The molecule has 84 valence electrons. The first-order chi connectivity index (χ1) is 7.70. The zero-order chi connectivity index (χ0) is 11.5. The molecule has 0 unspecified atom stereocenters. The number of aryl methyl sites for hydroxylation is 1. The fraction of sp³-hybridized carbons (Fsp3) is 0.250. The van der Waals surface area contributed by atoms with Crippen LogP contribution in [0.4, 0.5) is 0 Å². The zero-order valence-corrected chi connectivity index (χ0v) is 9.09. The van der Waals surface area contributed by atoms with Crippen LogP contribution in [0.2, 0.25) is 0 Å². The van der Waals surface area contributed by atoms with Crippen LogP contribution in [0.3, 0.4) is 0 Å². The normalized spacial score (nSPS) is 10.6. The molecule has 0 bridgehead atoms. The average molecular weight is 218 g/mol. The van der Waals surface area contributed by atoms with Crippen LogP contribution in [0.25, 0.3) is 0 Å². The Balaban J connectivity index is 2.24. The summed E-state index contributed by atoms with van der Waals surface area (Å²) in [6.07, 6.45) is 0.570. The molecule has 0 saturated carbocycles. The molecule has 0 fully saturated rings. The van der Waals surface area contributed by atoms with Crippen LogP contribution in [0, 0.1) is 0 Å². The molecule has 2 rings (SSSR count). The topological polar surface area (TPSA) is 58.3 Å². The molecule has 0 radical (unpaired) electrons. The maximum absolute atomic E-state index is 9.62. The number of nitrogens with zero attached hydrogens (tertiary/aromatic N) is 2. The van der Waals surface area contributed by atoms with Crippen molar-refractivity contribution in [1.29, 1.82) is 0 Å². The molecule has 0 saturated heterocycles. The summed E-state index contributed by atoms with van der Waals surface area (Å²) in [6.45, 7) is -0.0235. The summed E-state index contributed by atoms with van der Waals surface area (Å²) in [6, 6.07) is 9.03. The summed E-state index contributed by atoms with van der Waals surface area (Å²) in [4.78, 5) is 0. The number of hydrogen-bond acceptors (Lipinski definition) is 3. The first-order valence-corrected chi connectivity index (χ1v) is 5.10. The highest BCUT2D eigenvalue weighted by atomic mass is 16.3. The summed E-state index contributed by atoms with van der Waals surface area (Å²) in [5, 5.41) is 22.9. The number of aromatic nitrogens is 2. The van der Waals surface area contributed by atoms with E-state index in [0.29, 0.717) is 6.42 Å². The zero-order valence-electron chi connectivity index (χ0n) is 9.09. The van der Waals surface area contributed by atoms with Crippen molar-refractivity contribution < 1.29 is 10.2 Å². The van der Waals surface area contributed by atoms with Gasteiger partial charge in [-0.25, -0.2) is 0 Å². The smallest absolute Gasteiger partial charge is 0.119 e. The molecule has 2 N–H and O–H groups in total. The van der Waals surface area contributed by atoms with Gasteiger partial charge in [-0.1, -0.05) is 18.2 Å². The van der Waals surface area contributed by atoms with Crippen molar-refractivity contribution in [3.8, 4) is 5.75 Å². The SMILES string of the molecule is Cn1nc(Cc2ccccc2O)cc1CO. The lowest BCUT2D eigenvalue weighted by Crippen LogP contribution is -1.97. The molecule has 1 aromatic carbocycles. The molecule has 16 heavy (non-hydrogen) atoms. The number of benzene rings is 1. The third kappa shape index (κ3) is 2.06. The molecule has 4 heteroatoms. The van der Waals surface area contributed by atoms with Gasteiger partial charge in [-0.05, 0) is 17.7 Å². The monoisotopic (exact) mass is 218 g/mol. The molecular formula is C12H14N2O2. The van der Waals surface area contributed by atoms with E-state index in [1.54, 1.807) is 23.9 Å². The highest BCUT2D eigenvalue weighted by Crippen LogP contribution is 2.19. The van der Waals surface area contributed by atoms with E-state index in [1.807, 2.05) is 18.2 Å². The van der Waals surface area contributed by atoms with Crippen LogP contribution >= 0.6 is 0 Å². The number of rotatable bonds is 3. The van der Waals surface area contributed by atoms with Gasteiger partial charge < -0.3 is 10.2 Å². The minimum atomic E-state index is -0.0235. The number of aromatic hydroxyl groups is 1. The predicted octanol–water partition coefficient (Wildman–Crippen LogP) is 1.21. The van der Waals surface area contributed by atoms with E-state index in [-0.39, 0.29) is 12.4 Å². The Kier molecular flexibility index (Phi) is 2.92. The van der Waals surface area contributed by atoms with Crippen molar-refractivity contribution in [2.24, 2.45) is 7.05 Å². The number of phenols is 1. The lowest BCUT2D eigenvalue weighted by molar-refractivity contribution is 0.270. The van der Waals surface area contributed by atoms with Crippen LogP contribution < -0.4 is 0 Å². The summed E-state index contributed by atoms with van der Waals surface area (Å²) in [5.41, 5.74) is 2.45. The van der Waals surface area contributed by atoms with Gasteiger partial charge in [0.1, 0.15) is 5.75 Å². The van der Waals surface area contributed by atoms with Crippen LogP contribution in [-0.2, 0) is 20.1 Å². The van der Waals surface area contributed by atoms with E-state index >= 15 is 0 Å².